The van der Waals surface area contributed by atoms with E-state index in [-0.39, 0.29) is 5.91 Å². The summed E-state index contributed by atoms with van der Waals surface area (Å²) in [5.74, 6) is 0.475. The number of benzene rings is 2. The Morgan fingerprint density at radius 3 is 2.55 bits per heavy atom. The molecule has 0 bridgehead atoms. The van der Waals surface area contributed by atoms with Crippen molar-refractivity contribution in [2.45, 2.75) is 20.3 Å². The van der Waals surface area contributed by atoms with Gasteiger partial charge in [-0.1, -0.05) is 37.3 Å². The second-order valence-corrected chi connectivity index (χ2v) is 5.12. The number of amides is 1. The highest BCUT2D eigenvalue weighted by Gasteiger charge is 2.05. The first-order chi connectivity index (χ1) is 10.6. The van der Waals surface area contributed by atoms with E-state index in [0.717, 1.165) is 17.5 Å². The second kappa shape index (κ2) is 7.46. The van der Waals surface area contributed by atoms with E-state index in [0.29, 0.717) is 11.4 Å². The largest absolute Gasteiger partial charge is 0.495 e. The van der Waals surface area contributed by atoms with E-state index in [1.54, 1.807) is 13.2 Å². The van der Waals surface area contributed by atoms with Crippen LogP contribution in [0.25, 0.3) is 6.08 Å². The average Bonchev–Trinajstić information content (AvgIpc) is 2.53. The molecule has 1 N–H and O–H groups in total. The molecule has 0 saturated heterocycles. The van der Waals surface area contributed by atoms with Crippen LogP contribution < -0.4 is 10.1 Å². The first kappa shape index (κ1) is 15.8. The maximum atomic E-state index is 12.0. The van der Waals surface area contributed by atoms with Gasteiger partial charge < -0.3 is 10.1 Å². The van der Waals surface area contributed by atoms with Gasteiger partial charge in [-0.3, -0.25) is 4.79 Å². The van der Waals surface area contributed by atoms with Crippen LogP contribution in [0.1, 0.15) is 23.6 Å². The second-order valence-electron chi connectivity index (χ2n) is 5.12. The van der Waals surface area contributed by atoms with E-state index in [2.05, 4.69) is 24.4 Å². The lowest BCUT2D eigenvalue weighted by atomic mass is 10.1. The lowest BCUT2D eigenvalue weighted by molar-refractivity contribution is -0.111. The number of hydrogen-bond acceptors (Lipinski definition) is 2. The zero-order valence-corrected chi connectivity index (χ0v) is 13.2. The number of methoxy groups -OCH3 is 1. The van der Waals surface area contributed by atoms with Crippen LogP contribution in [0.15, 0.2) is 48.5 Å². The molecular formula is C19H21NO2. The molecule has 0 aliphatic carbocycles. The molecule has 0 heterocycles. The Morgan fingerprint density at radius 2 is 1.91 bits per heavy atom. The van der Waals surface area contributed by atoms with Gasteiger partial charge >= 0.3 is 0 Å². The summed E-state index contributed by atoms with van der Waals surface area (Å²) in [6.07, 6.45) is 4.34. The summed E-state index contributed by atoms with van der Waals surface area (Å²) in [7, 11) is 1.59. The van der Waals surface area contributed by atoms with Crippen molar-refractivity contribution in [1.29, 1.82) is 0 Å². The Labute approximate surface area is 131 Å². The average molecular weight is 295 g/mol. The lowest BCUT2D eigenvalue weighted by Crippen LogP contribution is -2.09. The van der Waals surface area contributed by atoms with E-state index in [1.807, 2.05) is 37.3 Å². The van der Waals surface area contributed by atoms with Gasteiger partial charge in [0, 0.05) is 6.08 Å². The molecule has 0 radical (unpaired) electrons. The Kier molecular flexibility index (Phi) is 5.37. The number of rotatable bonds is 5. The number of anilines is 1. The monoisotopic (exact) mass is 295 g/mol. The summed E-state index contributed by atoms with van der Waals surface area (Å²) in [4.78, 5) is 12.0. The molecule has 0 aliphatic heterocycles. The molecule has 2 aromatic rings. The SMILES string of the molecule is CCc1ccc(/C=C/C(=O)Nc2cc(C)ccc2OC)cc1. The van der Waals surface area contributed by atoms with Gasteiger partial charge in [0.05, 0.1) is 12.8 Å². The van der Waals surface area contributed by atoms with Crippen LogP contribution in [0.2, 0.25) is 0 Å². The number of aryl methyl sites for hydroxylation is 2. The Hall–Kier alpha value is -2.55. The Morgan fingerprint density at radius 1 is 1.18 bits per heavy atom. The Bertz CT molecular complexity index is 672. The summed E-state index contributed by atoms with van der Waals surface area (Å²) < 4.78 is 5.25. The predicted molar refractivity (Wildman–Crippen MR) is 91.2 cm³/mol. The highest BCUT2D eigenvalue weighted by molar-refractivity contribution is 6.02. The summed E-state index contributed by atoms with van der Waals surface area (Å²) in [6, 6.07) is 13.8. The summed E-state index contributed by atoms with van der Waals surface area (Å²) in [5.41, 5.74) is 4.03. The van der Waals surface area contributed by atoms with Crippen molar-refractivity contribution < 1.29 is 9.53 Å². The smallest absolute Gasteiger partial charge is 0.248 e. The number of ether oxygens (including phenoxy) is 1. The van der Waals surface area contributed by atoms with Crippen LogP contribution >= 0.6 is 0 Å². The molecule has 2 aromatic carbocycles. The minimum atomic E-state index is -0.177. The van der Waals surface area contributed by atoms with E-state index < -0.39 is 0 Å². The third-order valence-corrected chi connectivity index (χ3v) is 3.43. The van der Waals surface area contributed by atoms with Crippen molar-refractivity contribution in [3.8, 4) is 5.75 Å². The zero-order valence-electron chi connectivity index (χ0n) is 13.2. The van der Waals surface area contributed by atoms with Gasteiger partial charge in [0.1, 0.15) is 5.75 Å². The first-order valence-corrected chi connectivity index (χ1v) is 7.35. The normalized spacial score (nSPS) is 10.7. The molecule has 0 unspecified atom stereocenters. The zero-order chi connectivity index (χ0) is 15.9. The predicted octanol–water partition coefficient (Wildman–Crippen LogP) is 4.22. The molecule has 0 aromatic heterocycles. The minimum absolute atomic E-state index is 0.177. The van der Waals surface area contributed by atoms with Gasteiger partial charge in [0.15, 0.2) is 0 Å². The van der Waals surface area contributed by atoms with Crippen LogP contribution in [0.3, 0.4) is 0 Å². The van der Waals surface area contributed by atoms with Crippen molar-refractivity contribution >= 4 is 17.7 Å². The fraction of sp³-hybridized carbons (Fsp3) is 0.211. The molecule has 114 valence electrons. The molecule has 22 heavy (non-hydrogen) atoms. The highest BCUT2D eigenvalue weighted by atomic mass is 16.5. The van der Waals surface area contributed by atoms with E-state index >= 15 is 0 Å². The van der Waals surface area contributed by atoms with E-state index in [1.165, 1.54) is 11.6 Å². The van der Waals surface area contributed by atoms with Gasteiger partial charge in [-0.15, -0.1) is 0 Å². The Balaban J connectivity index is 2.06. The molecule has 0 fully saturated rings. The van der Waals surface area contributed by atoms with Crippen molar-refractivity contribution in [2.24, 2.45) is 0 Å². The van der Waals surface area contributed by atoms with Gasteiger partial charge in [-0.2, -0.15) is 0 Å². The standard InChI is InChI=1S/C19H21NO2/c1-4-15-6-8-16(9-7-15)10-12-19(21)20-17-13-14(2)5-11-18(17)22-3/h5-13H,4H2,1-3H3,(H,20,21)/b12-10+. The lowest BCUT2D eigenvalue weighted by Gasteiger charge is -2.09. The minimum Gasteiger partial charge on any atom is -0.495 e. The molecule has 2 rings (SSSR count). The van der Waals surface area contributed by atoms with Crippen LogP contribution in [-0.2, 0) is 11.2 Å². The number of carbonyl (C=O) groups excluding carboxylic acids is 1. The number of nitrogens with one attached hydrogen (secondary N) is 1. The van der Waals surface area contributed by atoms with E-state index in [9.17, 15) is 4.79 Å². The molecule has 0 saturated carbocycles. The summed E-state index contributed by atoms with van der Waals surface area (Å²) in [5, 5.41) is 2.84. The fourth-order valence-electron chi connectivity index (χ4n) is 2.13. The molecular weight excluding hydrogens is 274 g/mol. The molecule has 0 spiro atoms. The third kappa shape index (κ3) is 4.22. The summed E-state index contributed by atoms with van der Waals surface area (Å²) in [6.45, 7) is 4.09. The van der Waals surface area contributed by atoms with Crippen LogP contribution in [0, 0.1) is 6.92 Å². The van der Waals surface area contributed by atoms with Crippen LogP contribution in [-0.4, -0.2) is 13.0 Å². The molecule has 0 atom stereocenters. The topological polar surface area (TPSA) is 38.3 Å². The maximum absolute atomic E-state index is 12.0. The van der Waals surface area contributed by atoms with Crippen LogP contribution in [0.5, 0.6) is 5.75 Å². The van der Waals surface area contributed by atoms with Crippen molar-refractivity contribution in [2.75, 3.05) is 12.4 Å². The maximum Gasteiger partial charge on any atom is 0.248 e. The quantitative estimate of drug-likeness (QED) is 0.839. The summed E-state index contributed by atoms with van der Waals surface area (Å²) >= 11 is 0. The molecule has 1 amide bonds. The van der Waals surface area contributed by atoms with Crippen LogP contribution in [0.4, 0.5) is 5.69 Å². The van der Waals surface area contributed by atoms with Crippen molar-refractivity contribution in [3.05, 3.63) is 65.2 Å². The molecule has 3 nitrogen and oxygen atoms in total. The first-order valence-electron chi connectivity index (χ1n) is 7.35. The van der Waals surface area contributed by atoms with Gasteiger partial charge in [0.2, 0.25) is 5.91 Å². The number of hydrogen-bond donors (Lipinski definition) is 1. The van der Waals surface area contributed by atoms with Crippen molar-refractivity contribution in [3.63, 3.8) is 0 Å². The number of carbonyl (C=O) groups is 1. The third-order valence-electron chi connectivity index (χ3n) is 3.43. The molecule has 0 aliphatic rings. The molecule has 3 heteroatoms. The van der Waals surface area contributed by atoms with E-state index in [4.69, 9.17) is 4.74 Å². The van der Waals surface area contributed by atoms with Gasteiger partial charge in [-0.05, 0) is 48.2 Å². The van der Waals surface area contributed by atoms with Crippen molar-refractivity contribution in [1.82, 2.24) is 0 Å². The van der Waals surface area contributed by atoms with Gasteiger partial charge in [0.25, 0.3) is 0 Å². The highest BCUT2D eigenvalue weighted by Crippen LogP contribution is 2.25. The van der Waals surface area contributed by atoms with Gasteiger partial charge in [-0.25, -0.2) is 0 Å². The fourth-order valence-corrected chi connectivity index (χ4v) is 2.13.